The fourth-order valence-electron chi connectivity index (χ4n) is 2.05. The number of hydrazone groups is 1. The molecule has 0 saturated carbocycles. The second-order valence-electron chi connectivity index (χ2n) is 4.91. The highest BCUT2D eigenvalue weighted by Gasteiger charge is 2.12. The minimum absolute atomic E-state index is 0.124. The molecule has 0 bridgehead atoms. The van der Waals surface area contributed by atoms with E-state index in [4.69, 9.17) is 18.6 Å². The number of hydrogen-bond donors (Lipinski definition) is 2. The average Bonchev–Trinajstić information content (AvgIpc) is 3.20. The lowest BCUT2D eigenvalue weighted by atomic mass is 10.2. The van der Waals surface area contributed by atoms with E-state index < -0.39 is 11.8 Å². The van der Waals surface area contributed by atoms with Gasteiger partial charge in [0.1, 0.15) is 0 Å². The van der Waals surface area contributed by atoms with E-state index in [1.807, 2.05) is 0 Å². The highest BCUT2D eigenvalue weighted by atomic mass is 16.5. The lowest BCUT2D eigenvalue weighted by molar-refractivity contribution is -0.120. The summed E-state index contributed by atoms with van der Waals surface area (Å²) in [4.78, 5) is 23.4. The Bertz CT molecular complexity index is 761. The number of nitrogens with one attached hydrogen (secondary N) is 2. The van der Waals surface area contributed by atoms with Gasteiger partial charge in [0.15, 0.2) is 17.3 Å². The first-order valence-corrected chi connectivity index (χ1v) is 7.52. The van der Waals surface area contributed by atoms with Gasteiger partial charge < -0.3 is 23.9 Å². The van der Waals surface area contributed by atoms with Crippen molar-refractivity contribution in [1.29, 1.82) is 0 Å². The highest BCUT2D eigenvalue weighted by Crippen LogP contribution is 2.37. The third kappa shape index (κ3) is 4.76. The van der Waals surface area contributed by atoms with Crippen molar-refractivity contribution in [3.05, 3.63) is 41.9 Å². The van der Waals surface area contributed by atoms with Crippen molar-refractivity contribution in [2.75, 3.05) is 27.9 Å². The number of carbonyl (C=O) groups is 2. The summed E-state index contributed by atoms with van der Waals surface area (Å²) in [5.41, 5.74) is 2.93. The van der Waals surface area contributed by atoms with Gasteiger partial charge in [0.05, 0.1) is 40.4 Å². The number of hydrogen-bond acceptors (Lipinski definition) is 7. The fraction of sp³-hybridized carbons (Fsp3) is 0.235. The molecule has 0 fully saturated rings. The normalized spacial score (nSPS) is 10.4. The third-order valence-electron chi connectivity index (χ3n) is 3.24. The second-order valence-corrected chi connectivity index (χ2v) is 4.91. The van der Waals surface area contributed by atoms with E-state index in [0.717, 1.165) is 0 Å². The summed E-state index contributed by atoms with van der Waals surface area (Å²) >= 11 is 0. The predicted octanol–water partition coefficient (Wildman–Crippen LogP) is 1.19. The van der Waals surface area contributed by atoms with Crippen LogP contribution in [0.3, 0.4) is 0 Å². The van der Waals surface area contributed by atoms with Gasteiger partial charge in [0, 0.05) is 5.56 Å². The van der Waals surface area contributed by atoms with Crippen LogP contribution in [0.2, 0.25) is 0 Å². The van der Waals surface area contributed by atoms with E-state index in [1.165, 1.54) is 39.9 Å². The number of furan rings is 1. The summed E-state index contributed by atoms with van der Waals surface area (Å²) in [5, 5.41) is 6.25. The lowest BCUT2D eigenvalue weighted by Gasteiger charge is -2.12. The number of carbonyl (C=O) groups excluding carboxylic acids is 2. The van der Waals surface area contributed by atoms with Crippen LogP contribution in [0.25, 0.3) is 0 Å². The SMILES string of the molecule is COc1cc(/C=N/NC(=O)CNC(=O)c2ccco2)cc(OC)c1OC. The Morgan fingerprint density at radius 3 is 2.38 bits per heavy atom. The molecule has 9 heteroatoms. The highest BCUT2D eigenvalue weighted by molar-refractivity contribution is 5.94. The molecular formula is C17H19N3O6. The molecule has 1 aromatic heterocycles. The van der Waals surface area contributed by atoms with E-state index in [9.17, 15) is 9.59 Å². The van der Waals surface area contributed by atoms with Gasteiger partial charge in [-0.25, -0.2) is 5.43 Å². The van der Waals surface area contributed by atoms with E-state index in [-0.39, 0.29) is 12.3 Å². The molecule has 9 nitrogen and oxygen atoms in total. The third-order valence-corrected chi connectivity index (χ3v) is 3.24. The van der Waals surface area contributed by atoms with Crippen molar-refractivity contribution >= 4 is 18.0 Å². The first-order chi connectivity index (χ1) is 12.6. The van der Waals surface area contributed by atoms with Crippen molar-refractivity contribution < 1.29 is 28.2 Å². The van der Waals surface area contributed by atoms with Crippen molar-refractivity contribution in [2.45, 2.75) is 0 Å². The molecule has 0 aliphatic heterocycles. The fourth-order valence-corrected chi connectivity index (χ4v) is 2.05. The molecule has 138 valence electrons. The van der Waals surface area contributed by atoms with Gasteiger partial charge in [-0.2, -0.15) is 5.10 Å². The molecule has 0 aliphatic rings. The zero-order chi connectivity index (χ0) is 18.9. The van der Waals surface area contributed by atoms with Crippen LogP contribution in [-0.4, -0.2) is 45.9 Å². The van der Waals surface area contributed by atoms with Crippen LogP contribution < -0.4 is 25.0 Å². The van der Waals surface area contributed by atoms with Crippen LogP contribution >= 0.6 is 0 Å². The van der Waals surface area contributed by atoms with Gasteiger partial charge in [-0.1, -0.05) is 0 Å². The Morgan fingerprint density at radius 1 is 1.15 bits per heavy atom. The van der Waals surface area contributed by atoms with Crippen molar-refractivity contribution in [1.82, 2.24) is 10.7 Å². The van der Waals surface area contributed by atoms with Crippen molar-refractivity contribution in [2.24, 2.45) is 5.10 Å². The maximum Gasteiger partial charge on any atom is 0.287 e. The number of benzene rings is 1. The van der Waals surface area contributed by atoms with E-state index in [1.54, 1.807) is 18.2 Å². The van der Waals surface area contributed by atoms with Gasteiger partial charge in [0.25, 0.3) is 11.8 Å². The monoisotopic (exact) mass is 361 g/mol. The molecule has 1 heterocycles. The number of methoxy groups -OCH3 is 3. The lowest BCUT2D eigenvalue weighted by Crippen LogP contribution is -2.34. The number of ether oxygens (including phenoxy) is 3. The molecule has 0 atom stereocenters. The zero-order valence-electron chi connectivity index (χ0n) is 14.6. The quantitative estimate of drug-likeness (QED) is 0.540. The predicted molar refractivity (Wildman–Crippen MR) is 92.9 cm³/mol. The van der Waals surface area contributed by atoms with Crippen molar-refractivity contribution in [3.63, 3.8) is 0 Å². The molecule has 2 amide bonds. The van der Waals surface area contributed by atoms with Crippen LogP contribution in [0, 0.1) is 0 Å². The van der Waals surface area contributed by atoms with E-state index in [2.05, 4.69) is 15.8 Å². The van der Waals surface area contributed by atoms with Gasteiger partial charge in [-0.05, 0) is 24.3 Å². The van der Waals surface area contributed by atoms with Crippen molar-refractivity contribution in [3.8, 4) is 17.2 Å². The van der Waals surface area contributed by atoms with E-state index in [0.29, 0.717) is 22.8 Å². The summed E-state index contributed by atoms with van der Waals surface area (Å²) in [6.45, 7) is -0.244. The van der Waals surface area contributed by atoms with Crippen LogP contribution in [0.1, 0.15) is 16.1 Å². The standard InChI is InChI=1S/C17H19N3O6/c1-23-13-7-11(8-14(24-2)16(13)25-3)9-19-20-15(21)10-18-17(22)12-5-4-6-26-12/h4-9H,10H2,1-3H3,(H,18,22)(H,20,21)/b19-9+. The number of rotatable bonds is 8. The Balaban J connectivity index is 1.93. The molecule has 2 N–H and O–H groups in total. The molecule has 26 heavy (non-hydrogen) atoms. The Morgan fingerprint density at radius 2 is 1.85 bits per heavy atom. The zero-order valence-corrected chi connectivity index (χ0v) is 14.6. The molecule has 0 spiro atoms. The Hall–Kier alpha value is -3.49. The first kappa shape index (κ1) is 18.8. The summed E-state index contributed by atoms with van der Waals surface area (Å²) in [6, 6.07) is 6.43. The summed E-state index contributed by atoms with van der Waals surface area (Å²) in [5.74, 6) is 0.526. The summed E-state index contributed by atoms with van der Waals surface area (Å²) in [7, 11) is 4.51. The van der Waals surface area contributed by atoms with Gasteiger partial charge in [0.2, 0.25) is 5.75 Å². The molecule has 0 unspecified atom stereocenters. The van der Waals surface area contributed by atoms with Crippen LogP contribution in [0.4, 0.5) is 0 Å². The maximum atomic E-state index is 11.7. The minimum atomic E-state index is -0.492. The van der Waals surface area contributed by atoms with Gasteiger partial charge >= 0.3 is 0 Å². The molecule has 0 aliphatic carbocycles. The first-order valence-electron chi connectivity index (χ1n) is 7.52. The van der Waals surface area contributed by atoms with Crippen LogP contribution in [-0.2, 0) is 4.79 Å². The molecule has 0 saturated heterocycles. The molecule has 1 aromatic carbocycles. The topological polar surface area (TPSA) is 111 Å². The van der Waals surface area contributed by atoms with Gasteiger partial charge in [-0.3, -0.25) is 9.59 Å². The molecular weight excluding hydrogens is 342 g/mol. The molecule has 0 radical (unpaired) electrons. The van der Waals surface area contributed by atoms with Crippen LogP contribution in [0.15, 0.2) is 40.0 Å². The largest absolute Gasteiger partial charge is 0.493 e. The Labute approximate surface area is 149 Å². The average molecular weight is 361 g/mol. The van der Waals surface area contributed by atoms with Gasteiger partial charge in [-0.15, -0.1) is 0 Å². The molecule has 2 rings (SSSR count). The number of amides is 2. The number of nitrogens with zero attached hydrogens (tertiary/aromatic N) is 1. The van der Waals surface area contributed by atoms with Crippen LogP contribution in [0.5, 0.6) is 17.2 Å². The smallest absolute Gasteiger partial charge is 0.287 e. The summed E-state index contributed by atoms with van der Waals surface area (Å²) in [6.07, 6.45) is 2.79. The maximum absolute atomic E-state index is 11.7. The second kappa shape index (κ2) is 9.11. The Kier molecular flexibility index (Phi) is 6.60. The van der Waals surface area contributed by atoms with E-state index >= 15 is 0 Å². The molecule has 2 aromatic rings. The summed E-state index contributed by atoms with van der Waals surface area (Å²) < 4.78 is 20.6. The minimum Gasteiger partial charge on any atom is -0.493 e.